The lowest BCUT2D eigenvalue weighted by Crippen LogP contribution is -2.16. The van der Waals surface area contributed by atoms with E-state index in [-0.39, 0.29) is 24.0 Å². The van der Waals surface area contributed by atoms with Crippen molar-refractivity contribution < 1.29 is 4.74 Å². The molecule has 0 aliphatic heterocycles. The first-order valence-electron chi connectivity index (χ1n) is 5.61. The Morgan fingerprint density at radius 2 is 2.11 bits per heavy atom. The van der Waals surface area contributed by atoms with Gasteiger partial charge in [-0.1, -0.05) is 11.6 Å². The van der Waals surface area contributed by atoms with Gasteiger partial charge in [0.25, 0.3) is 5.95 Å². The van der Waals surface area contributed by atoms with Crippen molar-refractivity contribution in [2.75, 3.05) is 5.43 Å². The lowest BCUT2D eigenvalue weighted by molar-refractivity contribution is 0.221. The molecule has 0 spiro atoms. The van der Waals surface area contributed by atoms with E-state index in [0.29, 0.717) is 10.7 Å². The Labute approximate surface area is 114 Å². The molecule has 0 amide bonds. The number of ether oxygens (including phenoxy) is 1. The van der Waals surface area contributed by atoms with Crippen molar-refractivity contribution in [1.82, 2.24) is 24.7 Å². The first kappa shape index (κ1) is 13.5. The van der Waals surface area contributed by atoms with Gasteiger partial charge in [-0.05, 0) is 20.8 Å². The molecule has 0 unspecified atom stereocenters. The molecular weight excluding hydrogens is 270 g/mol. The zero-order valence-electron chi connectivity index (χ0n) is 10.8. The van der Waals surface area contributed by atoms with Gasteiger partial charge in [0.2, 0.25) is 5.95 Å². The van der Waals surface area contributed by atoms with Crippen molar-refractivity contribution in [2.45, 2.75) is 26.9 Å². The number of nitrogens with two attached hydrogens (primary N) is 1. The van der Waals surface area contributed by atoms with Gasteiger partial charge in [0.15, 0.2) is 0 Å². The predicted octanol–water partition coefficient (Wildman–Crippen LogP) is 1.09. The average molecular weight is 284 g/mol. The van der Waals surface area contributed by atoms with Gasteiger partial charge < -0.3 is 4.74 Å². The van der Waals surface area contributed by atoms with E-state index in [2.05, 4.69) is 25.5 Å². The zero-order chi connectivity index (χ0) is 14.0. The summed E-state index contributed by atoms with van der Waals surface area (Å²) in [5.41, 5.74) is 3.03. The summed E-state index contributed by atoms with van der Waals surface area (Å²) < 4.78 is 6.86. The van der Waals surface area contributed by atoms with E-state index < -0.39 is 0 Å². The Balaban J connectivity index is 2.44. The Hall–Kier alpha value is -1.93. The van der Waals surface area contributed by atoms with Crippen LogP contribution in [0.3, 0.4) is 0 Å². The number of rotatable bonds is 4. The molecule has 102 valence electrons. The number of hydrogen-bond acceptors (Lipinski definition) is 7. The van der Waals surface area contributed by atoms with Crippen LogP contribution in [-0.2, 0) is 0 Å². The molecule has 2 aromatic rings. The number of halogens is 1. The van der Waals surface area contributed by atoms with Gasteiger partial charge in [0.1, 0.15) is 0 Å². The SMILES string of the molecule is Cc1nn(-c2nc(NN)nc(OC(C)C)n2)cc1Cl. The van der Waals surface area contributed by atoms with Crippen LogP contribution in [0, 0.1) is 6.92 Å². The third kappa shape index (κ3) is 3.09. The highest BCUT2D eigenvalue weighted by Crippen LogP contribution is 2.16. The predicted molar refractivity (Wildman–Crippen MR) is 70.3 cm³/mol. The lowest BCUT2D eigenvalue weighted by Gasteiger charge is -2.09. The molecular formula is C10H14ClN7O. The van der Waals surface area contributed by atoms with Crippen LogP contribution in [0.1, 0.15) is 19.5 Å². The third-order valence-electron chi connectivity index (χ3n) is 2.12. The van der Waals surface area contributed by atoms with Gasteiger partial charge in [-0.3, -0.25) is 5.43 Å². The Morgan fingerprint density at radius 1 is 1.37 bits per heavy atom. The van der Waals surface area contributed by atoms with E-state index in [1.165, 1.54) is 4.68 Å². The van der Waals surface area contributed by atoms with Crippen LogP contribution >= 0.6 is 11.6 Å². The maximum absolute atomic E-state index is 5.95. The molecule has 0 aromatic carbocycles. The van der Waals surface area contributed by atoms with Crippen molar-refractivity contribution in [3.63, 3.8) is 0 Å². The molecule has 2 aromatic heterocycles. The topological polar surface area (TPSA) is 104 Å². The Kier molecular flexibility index (Phi) is 3.82. The quantitative estimate of drug-likeness (QED) is 0.639. The maximum atomic E-state index is 5.95. The van der Waals surface area contributed by atoms with Crippen LogP contribution in [0.5, 0.6) is 6.01 Å². The van der Waals surface area contributed by atoms with E-state index in [4.69, 9.17) is 22.2 Å². The normalized spacial score (nSPS) is 10.8. The highest BCUT2D eigenvalue weighted by Gasteiger charge is 2.12. The molecule has 0 saturated heterocycles. The number of anilines is 1. The number of nitrogens with one attached hydrogen (secondary N) is 1. The Bertz CT molecular complexity index is 564. The van der Waals surface area contributed by atoms with E-state index in [0.717, 1.165) is 0 Å². The van der Waals surface area contributed by atoms with Crippen LogP contribution < -0.4 is 16.0 Å². The molecule has 9 heteroatoms. The second kappa shape index (κ2) is 5.37. The second-order valence-electron chi connectivity index (χ2n) is 4.06. The van der Waals surface area contributed by atoms with Gasteiger partial charge in [-0.2, -0.15) is 20.1 Å². The summed E-state index contributed by atoms with van der Waals surface area (Å²) in [5.74, 6) is 5.77. The minimum atomic E-state index is -0.0659. The standard InChI is InChI=1S/C10H14ClN7O/c1-5(2)19-10-14-8(16-12)13-9(15-10)18-4-7(11)6(3)17-18/h4-5H,12H2,1-3H3,(H,13,14,15,16). The summed E-state index contributed by atoms with van der Waals surface area (Å²) in [6, 6.07) is 0.164. The molecule has 0 aliphatic rings. The lowest BCUT2D eigenvalue weighted by atomic mass is 10.5. The first-order chi connectivity index (χ1) is 8.99. The zero-order valence-corrected chi connectivity index (χ0v) is 11.5. The average Bonchev–Trinajstić information content (AvgIpc) is 2.68. The molecule has 2 heterocycles. The number of aromatic nitrogens is 5. The molecule has 0 saturated carbocycles. The van der Waals surface area contributed by atoms with Crippen LogP contribution in [-0.4, -0.2) is 30.8 Å². The van der Waals surface area contributed by atoms with Crippen LogP contribution in [0.4, 0.5) is 5.95 Å². The van der Waals surface area contributed by atoms with Crippen LogP contribution in [0.25, 0.3) is 5.95 Å². The first-order valence-corrected chi connectivity index (χ1v) is 5.99. The highest BCUT2D eigenvalue weighted by atomic mass is 35.5. The van der Waals surface area contributed by atoms with Crippen molar-refractivity contribution >= 4 is 17.5 Å². The maximum Gasteiger partial charge on any atom is 0.323 e. The molecule has 19 heavy (non-hydrogen) atoms. The third-order valence-corrected chi connectivity index (χ3v) is 2.49. The fourth-order valence-electron chi connectivity index (χ4n) is 1.32. The van der Waals surface area contributed by atoms with Crippen LogP contribution in [0.15, 0.2) is 6.20 Å². The monoisotopic (exact) mass is 283 g/mol. The van der Waals surface area contributed by atoms with Gasteiger partial charge in [0, 0.05) is 0 Å². The van der Waals surface area contributed by atoms with Crippen molar-refractivity contribution in [3.05, 3.63) is 16.9 Å². The minimum Gasteiger partial charge on any atom is -0.461 e. The van der Waals surface area contributed by atoms with E-state index >= 15 is 0 Å². The van der Waals surface area contributed by atoms with Crippen molar-refractivity contribution in [2.24, 2.45) is 5.84 Å². The summed E-state index contributed by atoms with van der Waals surface area (Å²) in [7, 11) is 0. The number of aryl methyl sites for hydroxylation is 1. The number of nitrogens with zero attached hydrogens (tertiary/aromatic N) is 5. The summed E-state index contributed by atoms with van der Waals surface area (Å²) >= 11 is 5.95. The molecule has 2 rings (SSSR count). The molecule has 0 aliphatic carbocycles. The fourth-order valence-corrected chi connectivity index (χ4v) is 1.45. The smallest absolute Gasteiger partial charge is 0.323 e. The molecule has 3 N–H and O–H groups in total. The number of hydrogen-bond donors (Lipinski definition) is 2. The minimum absolute atomic E-state index is 0.0659. The number of nitrogen functional groups attached to an aromatic ring is 1. The molecule has 8 nitrogen and oxygen atoms in total. The molecule has 0 fully saturated rings. The van der Waals surface area contributed by atoms with Crippen molar-refractivity contribution in [1.29, 1.82) is 0 Å². The molecule has 0 bridgehead atoms. The van der Waals surface area contributed by atoms with E-state index in [1.807, 2.05) is 13.8 Å². The molecule has 0 atom stereocenters. The van der Waals surface area contributed by atoms with Gasteiger partial charge in [-0.15, -0.1) is 0 Å². The van der Waals surface area contributed by atoms with Gasteiger partial charge in [0.05, 0.1) is 23.0 Å². The number of hydrazine groups is 1. The summed E-state index contributed by atoms with van der Waals surface area (Å²) in [6.45, 7) is 5.52. The summed E-state index contributed by atoms with van der Waals surface area (Å²) in [6.07, 6.45) is 1.54. The van der Waals surface area contributed by atoms with E-state index in [1.54, 1.807) is 13.1 Å². The van der Waals surface area contributed by atoms with Gasteiger partial charge in [-0.25, -0.2) is 10.5 Å². The summed E-state index contributed by atoms with van der Waals surface area (Å²) in [5, 5.41) is 4.71. The molecule has 0 radical (unpaired) electrons. The summed E-state index contributed by atoms with van der Waals surface area (Å²) in [4.78, 5) is 12.2. The van der Waals surface area contributed by atoms with E-state index in [9.17, 15) is 0 Å². The van der Waals surface area contributed by atoms with Crippen molar-refractivity contribution in [3.8, 4) is 12.0 Å². The highest BCUT2D eigenvalue weighted by molar-refractivity contribution is 6.31. The van der Waals surface area contributed by atoms with Crippen LogP contribution in [0.2, 0.25) is 5.02 Å². The largest absolute Gasteiger partial charge is 0.461 e. The second-order valence-corrected chi connectivity index (χ2v) is 4.47. The Morgan fingerprint density at radius 3 is 2.63 bits per heavy atom. The van der Waals surface area contributed by atoms with Gasteiger partial charge >= 0.3 is 6.01 Å². The fraction of sp³-hybridized carbons (Fsp3) is 0.400.